The van der Waals surface area contributed by atoms with Crippen LogP contribution in [-0.2, 0) is 9.47 Å². The van der Waals surface area contributed by atoms with Crippen LogP contribution in [0.5, 0.6) is 0 Å². The predicted octanol–water partition coefficient (Wildman–Crippen LogP) is 2.21. The van der Waals surface area contributed by atoms with Gasteiger partial charge in [-0.1, -0.05) is 20.8 Å². The first-order chi connectivity index (χ1) is 6.63. The van der Waals surface area contributed by atoms with Crippen LogP contribution in [-0.4, -0.2) is 24.3 Å². The minimum Gasteiger partial charge on any atom is -0.450 e. The van der Waals surface area contributed by atoms with Gasteiger partial charge in [0.2, 0.25) is 6.29 Å². The highest BCUT2D eigenvalue weighted by molar-refractivity contribution is 5.75. The van der Waals surface area contributed by atoms with E-state index in [1.807, 2.05) is 6.92 Å². The molecule has 2 heterocycles. The second kappa shape index (κ2) is 3.54. The van der Waals surface area contributed by atoms with Gasteiger partial charge in [-0.15, -0.1) is 0 Å². The molecule has 1 fully saturated rings. The van der Waals surface area contributed by atoms with Gasteiger partial charge in [-0.05, 0) is 18.3 Å². The van der Waals surface area contributed by atoms with Gasteiger partial charge in [0.05, 0.1) is 6.10 Å². The fraction of sp³-hybridized carbons (Fsp3) is 0.909. The molecule has 2 aliphatic rings. The minimum atomic E-state index is -0.119. The Balaban J connectivity index is 2.14. The first-order valence-electron chi connectivity index (χ1n) is 5.50. The van der Waals surface area contributed by atoms with Crippen LogP contribution >= 0.6 is 0 Å². The van der Waals surface area contributed by atoms with Gasteiger partial charge >= 0.3 is 0 Å². The van der Waals surface area contributed by atoms with Crippen LogP contribution in [0.4, 0.5) is 0 Å². The maximum atomic E-state index is 5.88. The summed E-state index contributed by atoms with van der Waals surface area (Å²) < 4.78 is 11.4. The Bertz CT molecular complexity index is 252. The molecule has 0 aromatic heterocycles. The van der Waals surface area contributed by atoms with Gasteiger partial charge in [0.25, 0.3) is 0 Å². The van der Waals surface area contributed by atoms with Crippen molar-refractivity contribution in [3.05, 3.63) is 0 Å². The third-order valence-corrected chi connectivity index (χ3v) is 3.56. The highest BCUT2D eigenvalue weighted by Gasteiger charge is 2.44. The Kier molecular flexibility index (Phi) is 2.52. The fourth-order valence-electron chi connectivity index (χ4n) is 2.43. The van der Waals surface area contributed by atoms with E-state index in [9.17, 15) is 0 Å². The Morgan fingerprint density at radius 2 is 2.00 bits per heavy atom. The molecule has 0 aromatic rings. The summed E-state index contributed by atoms with van der Waals surface area (Å²) in [4.78, 5) is 4.48. The quantitative estimate of drug-likeness (QED) is 0.645. The lowest BCUT2D eigenvalue weighted by Crippen LogP contribution is -2.46. The number of rotatable bonds is 1. The van der Waals surface area contributed by atoms with Crippen molar-refractivity contribution < 1.29 is 9.47 Å². The predicted molar refractivity (Wildman–Crippen MR) is 55.3 cm³/mol. The van der Waals surface area contributed by atoms with E-state index in [1.165, 1.54) is 0 Å². The zero-order valence-corrected chi connectivity index (χ0v) is 9.36. The standard InChI is InChI=1S/C11H19NO2/c1-5-9-6(2)7(3)10-11(14-9)13-8(4)12-10/h6-7,9-11H,5H2,1-4H3/t6-,7+,9?,10?,11-/m1/s1. The Hall–Kier alpha value is -0.570. The van der Waals surface area contributed by atoms with E-state index in [-0.39, 0.29) is 12.3 Å². The van der Waals surface area contributed by atoms with Crippen molar-refractivity contribution in [1.29, 1.82) is 0 Å². The molecule has 80 valence electrons. The van der Waals surface area contributed by atoms with Crippen LogP contribution in [0.15, 0.2) is 4.99 Å². The second-order valence-corrected chi connectivity index (χ2v) is 4.43. The maximum Gasteiger partial charge on any atom is 0.224 e. The molecule has 5 atom stereocenters. The average molecular weight is 197 g/mol. The van der Waals surface area contributed by atoms with Crippen LogP contribution in [0, 0.1) is 11.8 Å². The van der Waals surface area contributed by atoms with Gasteiger partial charge in [0.1, 0.15) is 6.04 Å². The van der Waals surface area contributed by atoms with Crippen LogP contribution in [0.3, 0.4) is 0 Å². The van der Waals surface area contributed by atoms with Gasteiger partial charge < -0.3 is 9.47 Å². The molecule has 0 aliphatic carbocycles. The largest absolute Gasteiger partial charge is 0.450 e. The Labute approximate surface area is 85.5 Å². The molecule has 0 saturated carbocycles. The Morgan fingerprint density at radius 1 is 1.29 bits per heavy atom. The molecular formula is C11H19NO2. The molecular weight excluding hydrogens is 178 g/mol. The number of ether oxygens (including phenoxy) is 2. The zero-order valence-electron chi connectivity index (χ0n) is 9.36. The van der Waals surface area contributed by atoms with Crippen molar-refractivity contribution in [1.82, 2.24) is 0 Å². The smallest absolute Gasteiger partial charge is 0.224 e. The van der Waals surface area contributed by atoms with E-state index in [0.29, 0.717) is 17.9 Å². The number of hydrogen-bond donors (Lipinski definition) is 0. The van der Waals surface area contributed by atoms with E-state index in [2.05, 4.69) is 25.8 Å². The normalized spacial score (nSPS) is 46.9. The van der Waals surface area contributed by atoms with Gasteiger partial charge in [0, 0.05) is 6.92 Å². The maximum absolute atomic E-state index is 5.88. The number of nitrogens with zero attached hydrogens (tertiary/aromatic N) is 1. The zero-order chi connectivity index (χ0) is 10.3. The third kappa shape index (κ3) is 1.44. The fourth-order valence-corrected chi connectivity index (χ4v) is 2.43. The van der Waals surface area contributed by atoms with E-state index in [0.717, 1.165) is 12.3 Å². The summed E-state index contributed by atoms with van der Waals surface area (Å²) in [5.74, 6) is 1.89. The molecule has 0 radical (unpaired) electrons. The monoisotopic (exact) mass is 197 g/mol. The molecule has 14 heavy (non-hydrogen) atoms. The van der Waals surface area contributed by atoms with Gasteiger partial charge in [-0.2, -0.15) is 0 Å². The summed E-state index contributed by atoms with van der Waals surface area (Å²) >= 11 is 0. The van der Waals surface area contributed by atoms with Crippen molar-refractivity contribution in [2.45, 2.75) is 52.6 Å². The molecule has 0 aromatic carbocycles. The highest BCUT2D eigenvalue weighted by atomic mass is 16.7. The number of hydrogen-bond acceptors (Lipinski definition) is 3. The van der Waals surface area contributed by atoms with Crippen molar-refractivity contribution in [2.24, 2.45) is 16.8 Å². The van der Waals surface area contributed by atoms with Crippen LogP contribution in [0.2, 0.25) is 0 Å². The van der Waals surface area contributed by atoms with Crippen LogP contribution in [0.25, 0.3) is 0 Å². The molecule has 0 spiro atoms. The minimum absolute atomic E-state index is 0.119. The second-order valence-electron chi connectivity index (χ2n) is 4.43. The molecule has 0 bridgehead atoms. The van der Waals surface area contributed by atoms with Crippen molar-refractivity contribution in [3.63, 3.8) is 0 Å². The molecule has 3 nitrogen and oxygen atoms in total. The lowest BCUT2D eigenvalue weighted by atomic mass is 9.82. The SMILES string of the molecule is CCC1O[C@H]2OC(C)=NC2[C@@H](C)[C@H]1C. The molecule has 0 amide bonds. The third-order valence-electron chi connectivity index (χ3n) is 3.56. The Morgan fingerprint density at radius 3 is 2.64 bits per heavy atom. The van der Waals surface area contributed by atoms with E-state index in [1.54, 1.807) is 0 Å². The summed E-state index contributed by atoms with van der Waals surface area (Å²) in [7, 11) is 0. The van der Waals surface area contributed by atoms with Gasteiger partial charge in [0.15, 0.2) is 5.90 Å². The topological polar surface area (TPSA) is 30.8 Å². The van der Waals surface area contributed by atoms with Crippen LogP contribution in [0.1, 0.15) is 34.1 Å². The van der Waals surface area contributed by atoms with Gasteiger partial charge in [-0.3, -0.25) is 0 Å². The lowest BCUT2D eigenvalue weighted by Gasteiger charge is -2.39. The average Bonchev–Trinajstić information content (AvgIpc) is 2.52. The van der Waals surface area contributed by atoms with Crippen molar-refractivity contribution in [2.75, 3.05) is 0 Å². The summed E-state index contributed by atoms with van der Waals surface area (Å²) in [6, 6.07) is 0.216. The first kappa shape index (κ1) is 9.97. The van der Waals surface area contributed by atoms with Gasteiger partial charge in [-0.25, -0.2) is 4.99 Å². The highest BCUT2D eigenvalue weighted by Crippen LogP contribution is 2.36. The summed E-state index contributed by atoms with van der Waals surface area (Å²) in [6.45, 7) is 8.56. The summed E-state index contributed by atoms with van der Waals surface area (Å²) in [6.07, 6.45) is 1.26. The molecule has 2 unspecified atom stereocenters. The van der Waals surface area contributed by atoms with E-state index < -0.39 is 0 Å². The number of fused-ring (bicyclic) bond motifs is 1. The van der Waals surface area contributed by atoms with Crippen LogP contribution < -0.4 is 0 Å². The lowest BCUT2D eigenvalue weighted by molar-refractivity contribution is -0.186. The summed E-state index contributed by atoms with van der Waals surface area (Å²) in [5.41, 5.74) is 0. The van der Waals surface area contributed by atoms with Crippen molar-refractivity contribution in [3.8, 4) is 0 Å². The number of aliphatic imine (C=N–C) groups is 1. The molecule has 3 heteroatoms. The van der Waals surface area contributed by atoms with E-state index >= 15 is 0 Å². The van der Waals surface area contributed by atoms with Crippen molar-refractivity contribution >= 4 is 5.90 Å². The van der Waals surface area contributed by atoms with E-state index in [4.69, 9.17) is 9.47 Å². The molecule has 0 N–H and O–H groups in total. The molecule has 1 saturated heterocycles. The summed E-state index contributed by atoms with van der Waals surface area (Å²) in [5, 5.41) is 0. The first-order valence-corrected chi connectivity index (χ1v) is 5.50. The molecule has 2 aliphatic heterocycles. The molecule has 2 rings (SSSR count).